The lowest BCUT2D eigenvalue weighted by Crippen LogP contribution is -2.54. The van der Waals surface area contributed by atoms with Crippen LogP contribution in [0, 0.1) is 5.92 Å². The van der Waals surface area contributed by atoms with Gasteiger partial charge in [0.2, 0.25) is 5.91 Å². The second-order valence-electron chi connectivity index (χ2n) is 8.60. The number of carbonyl (C=O) groups is 2. The number of likely N-dealkylation sites (tertiary alicyclic amines) is 2. The molecule has 3 aliphatic heterocycles. The molecule has 0 saturated carbocycles. The Morgan fingerprint density at radius 3 is 2.11 bits per heavy atom. The second kappa shape index (κ2) is 9.85. The molecule has 7 nitrogen and oxygen atoms in total. The van der Waals surface area contributed by atoms with Gasteiger partial charge in [-0.15, -0.1) is 0 Å². The maximum absolute atomic E-state index is 12.6. The van der Waals surface area contributed by atoms with Crippen LogP contribution < -0.4 is 0 Å². The molecule has 3 fully saturated rings. The average molecular weight is 381 g/mol. The van der Waals surface area contributed by atoms with Crippen molar-refractivity contribution >= 4 is 11.9 Å². The molecule has 0 radical (unpaired) electrons. The van der Waals surface area contributed by atoms with E-state index in [4.69, 9.17) is 5.11 Å². The van der Waals surface area contributed by atoms with Crippen molar-refractivity contribution in [1.29, 1.82) is 0 Å². The number of piperazine rings is 1. The third-order valence-electron chi connectivity index (χ3n) is 6.70. The number of nitrogens with zero attached hydrogens (tertiary/aromatic N) is 4. The highest BCUT2D eigenvalue weighted by molar-refractivity contribution is 5.76. The van der Waals surface area contributed by atoms with Gasteiger partial charge in [-0.2, -0.15) is 0 Å². The van der Waals surface area contributed by atoms with Crippen LogP contribution in [0.5, 0.6) is 0 Å². The van der Waals surface area contributed by atoms with E-state index in [1.807, 2.05) is 4.90 Å². The molecule has 0 atom stereocenters. The van der Waals surface area contributed by atoms with Crippen LogP contribution in [0.1, 0.15) is 38.5 Å². The molecule has 3 saturated heterocycles. The van der Waals surface area contributed by atoms with E-state index < -0.39 is 5.97 Å². The second-order valence-corrected chi connectivity index (χ2v) is 8.60. The van der Waals surface area contributed by atoms with Gasteiger partial charge in [0.05, 0.1) is 6.54 Å². The van der Waals surface area contributed by atoms with Gasteiger partial charge in [0.25, 0.3) is 0 Å². The van der Waals surface area contributed by atoms with E-state index in [1.54, 1.807) is 0 Å². The van der Waals surface area contributed by atoms with E-state index in [-0.39, 0.29) is 6.54 Å². The summed E-state index contributed by atoms with van der Waals surface area (Å²) in [7, 11) is 2.20. The molecule has 0 aromatic carbocycles. The minimum Gasteiger partial charge on any atom is -0.480 e. The largest absolute Gasteiger partial charge is 0.480 e. The summed E-state index contributed by atoms with van der Waals surface area (Å²) in [6, 6.07) is 0.703. The van der Waals surface area contributed by atoms with Gasteiger partial charge in [-0.05, 0) is 71.2 Å². The Morgan fingerprint density at radius 2 is 1.52 bits per heavy atom. The fraction of sp³-hybridized carbons (Fsp3) is 0.900. The van der Waals surface area contributed by atoms with Crippen molar-refractivity contribution in [2.45, 2.75) is 44.6 Å². The molecule has 3 rings (SSSR count). The van der Waals surface area contributed by atoms with Gasteiger partial charge in [-0.1, -0.05) is 0 Å². The van der Waals surface area contributed by atoms with Crippen LogP contribution in [0.2, 0.25) is 0 Å². The molecule has 27 heavy (non-hydrogen) atoms. The molecule has 0 aromatic rings. The lowest BCUT2D eigenvalue weighted by molar-refractivity contribution is -0.138. The number of carboxylic acid groups (broad SMARTS) is 1. The third kappa shape index (κ3) is 6.16. The Kier molecular flexibility index (Phi) is 7.49. The topological polar surface area (TPSA) is 67.3 Å². The fourth-order valence-corrected chi connectivity index (χ4v) is 4.81. The molecule has 154 valence electrons. The van der Waals surface area contributed by atoms with E-state index >= 15 is 0 Å². The zero-order chi connectivity index (χ0) is 19.2. The molecule has 0 aliphatic carbocycles. The number of hydrogen-bond acceptors (Lipinski definition) is 5. The summed E-state index contributed by atoms with van der Waals surface area (Å²) >= 11 is 0. The smallest absolute Gasteiger partial charge is 0.317 e. The fourth-order valence-electron chi connectivity index (χ4n) is 4.81. The molecule has 0 aromatic heterocycles. The molecule has 3 aliphatic rings. The highest BCUT2D eigenvalue weighted by Crippen LogP contribution is 2.23. The van der Waals surface area contributed by atoms with E-state index in [9.17, 15) is 9.59 Å². The maximum atomic E-state index is 12.6. The van der Waals surface area contributed by atoms with Crippen LogP contribution in [0.3, 0.4) is 0 Å². The minimum absolute atomic E-state index is 0.146. The predicted octanol–water partition coefficient (Wildman–Crippen LogP) is 0.802. The average Bonchev–Trinajstić information content (AvgIpc) is 2.67. The van der Waals surface area contributed by atoms with Crippen molar-refractivity contribution in [3.05, 3.63) is 0 Å². The standard InChI is InChI=1S/C20H36N4O3/c1-21-8-6-18(7-9-21)23-12-14-24(15-13-23)19(25)3-2-17-4-10-22(11-5-17)16-20(26)27/h17-18H,2-16H2,1H3,(H,26,27). The van der Waals surface area contributed by atoms with E-state index in [0.29, 0.717) is 24.3 Å². The zero-order valence-corrected chi connectivity index (χ0v) is 16.8. The van der Waals surface area contributed by atoms with Gasteiger partial charge in [-0.25, -0.2) is 0 Å². The Hall–Kier alpha value is -1.18. The van der Waals surface area contributed by atoms with Crippen LogP contribution in [0.15, 0.2) is 0 Å². The van der Waals surface area contributed by atoms with E-state index in [0.717, 1.165) is 58.5 Å². The number of aliphatic carboxylic acids is 1. The molecule has 3 heterocycles. The van der Waals surface area contributed by atoms with Gasteiger partial charge in [0, 0.05) is 38.6 Å². The molecule has 0 spiro atoms. The third-order valence-corrected chi connectivity index (χ3v) is 6.70. The molecule has 1 amide bonds. The number of carboxylic acids is 1. The van der Waals surface area contributed by atoms with Crippen LogP contribution in [0.25, 0.3) is 0 Å². The van der Waals surface area contributed by atoms with Gasteiger partial charge < -0.3 is 14.9 Å². The van der Waals surface area contributed by atoms with Gasteiger partial charge in [0.15, 0.2) is 0 Å². The number of carbonyl (C=O) groups excluding carboxylic acids is 1. The zero-order valence-electron chi connectivity index (χ0n) is 16.8. The molecular formula is C20H36N4O3. The molecule has 1 N–H and O–H groups in total. The monoisotopic (exact) mass is 380 g/mol. The van der Waals surface area contributed by atoms with E-state index in [1.165, 1.54) is 25.9 Å². The Labute approximate surface area is 163 Å². The van der Waals surface area contributed by atoms with Crippen molar-refractivity contribution in [2.75, 3.05) is 66.0 Å². The van der Waals surface area contributed by atoms with Crippen LogP contribution in [-0.2, 0) is 9.59 Å². The molecule has 0 bridgehead atoms. The Morgan fingerprint density at radius 1 is 0.889 bits per heavy atom. The molecule has 7 heteroatoms. The van der Waals surface area contributed by atoms with Crippen molar-refractivity contribution in [1.82, 2.24) is 19.6 Å². The number of hydrogen-bond donors (Lipinski definition) is 1. The van der Waals surface area contributed by atoms with Crippen molar-refractivity contribution in [3.8, 4) is 0 Å². The maximum Gasteiger partial charge on any atom is 0.317 e. The lowest BCUT2D eigenvalue weighted by Gasteiger charge is -2.42. The number of amides is 1. The van der Waals surface area contributed by atoms with Crippen molar-refractivity contribution in [3.63, 3.8) is 0 Å². The first kappa shape index (κ1) is 20.6. The van der Waals surface area contributed by atoms with Crippen molar-refractivity contribution < 1.29 is 14.7 Å². The first-order valence-electron chi connectivity index (χ1n) is 10.7. The normalized spacial score (nSPS) is 25.0. The van der Waals surface area contributed by atoms with E-state index in [2.05, 4.69) is 21.7 Å². The minimum atomic E-state index is -0.747. The quantitative estimate of drug-likeness (QED) is 0.735. The summed E-state index contributed by atoms with van der Waals surface area (Å²) in [5.74, 6) is 0.133. The predicted molar refractivity (Wildman–Crippen MR) is 105 cm³/mol. The van der Waals surface area contributed by atoms with Crippen LogP contribution in [0.4, 0.5) is 0 Å². The van der Waals surface area contributed by atoms with Gasteiger partial charge in [-0.3, -0.25) is 19.4 Å². The first-order chi connectivity index (χ1) is 13.0. The highest BCUT2D eigenvalue weighted by Gasteiger charge is 2.28. The number of rotatable bonds is 6. The summed E-state index contributed by atoms with van der Waals surface area (Å²) in [6.07, 6.45) is 6.15. The first-order valence-corrected chi connectivity index (χ1v) is 10.7. The summed E-state index contributed by atoms with van der Waals surface area (Å²) in [5, 5.41) is 8.87. The van der Waals surface area contributed by atoms with Crippen LogP contribution >= 0.6 is 0 Å². The van der Waals surface area contributed by atoms with Crippen LogP contribution in [-0.4, -0.2) is 109 Å². The Balaban J connectivity index is 1.31. The highest BCUT2D eigenvalue weighted by atomic mass is 16.4. The SMILES string of the molecule is CN1CCC(N2CCN(C(=O)CCC3CCN(CC(=O)O)CC3)CC2)CC1. The number of piperidine rings is 2. The lowest BCUT2D eigenvalue weighted by atomic mass is 9.92. The molecular weight excluding hydrogens is 344 g/mol. The van der Waals surface area contributed by atoms with Gasteiger partial charge >= 0.3 is 5.97 Å². The van der Waals surface area contributed by atoms with Crippen molar-refractivity contribution in [2.24, 2.45) is 5.92 Å². The molecule has 0 unspecified atom stereocenters. The summed E-state index contributed by atoms with van der Waals surface area (Å²) in [5.41, 5.74) is 0. The summed E-state index contributed by atoms with van der Waals surface area (Å²) < 4.78 is 0. The summed E-state index contributed by atoms with van der Waals surface area (Å²) in [6.45, 7) is 8.02. The Bertz CT molecular complexity index is 491. The summed E-state index contributed by atoms with van der Waals surface area (Å²) in [4.78, 5) is 32.4. The van der Waals surface area contributed by atoms with Gasteiger partial charge in [0.1, 0.15) is 0 Å².